The van der Waals surface area contributed by atoms with Gasteiger partial charge in [-0.1, -0.05) is 29.8 Å². The van der Waals surface area contributed by atoms with Gasteiger partial charge in [0.2, 0.25) is 0 Å². The van der Waals surface area contributed by atoms with Crippen molar-refractivity contribution in [3.8, 4) is 5.75 Å². The molecule has 2 rings (SSSR count). The molecule has 20 heavy (non-hydrogen) atoms. The number of halogens is 1. The Morgan fingerprint density at radius 3 is 2.45 bits per heavy atom. The Labute approximate surface area is 130 Å². The van der Waals surface area contributed by atoms with Crippen molar-refractivity contribution in [1.82, 2.24) is 0 Å². The normalized spacial score (nSPS) is 28.1. The largest absolute Gasteiger partial charge is 0.491 e. The Hall–Kier alpha value is -0.580. The maximum atomic E-state index is 10.1. The Bertz CT molecular complexity index is 399. The molecule has 3 nitrogen and oxygen atoms in total. The number of hydrogen-bond acceptors (Lipinski definition) is 2. The van der Waals surface area contributed by atoms with Crippen LogP contribution in [-0.4, -0.2) is 37.5 Å². The number of ether oxygens (including phenoxy) is 1. The summed E-state index contributed by atoms with van der Waals surface area (Å²) in [6, 6.07) is 7.71. The number of benzene rings is 1. The van der Waals surface area contributed by atoms with Crippen LogP contribution in [-0.2, 0) is 0 Å². The molecule has 112 valence electrons. The third-order valence-corrected chi connectivity index (χ3v) is 4.39. The molecule has 0 saturated carbocycles. The lowest BCUT2D eigenvalue weighted by atomic mass is 9.92. The van der Waals surface area contributed by atoms with E-state index in [1.165, 1.54) is 24.4 Å². The molecule has 0 amide bonds. The average Bonchev–Trinajstić information content (AvgIpc) is 2.37. The van der Waals surface area contributed by atoms with Gasteiger partial charge in [0.25, 0.3) is 0 Å². The molecular weight excluding hydrogens is 318 g/mol. The lowest BCUT2D eigenvalue weighted by Gasteiger charge is -2.33. The number of rotatable bonds is 5. The molecule has 1 saturated heterocycles. The molecule has 0 spiro atoms. The van der Waals surface area contributed by atoms with Crippen LogP contribution in [0.15, 0.2) is 28.7 Å². The van der Waals surface area contributed by atoms with Crippen molar-refractivity contribution in [3.63, 3.8) is 0 Å². The van der Waals surface area contributed by atoms with E-state index in [1.54, 1.807) is 0 Å². The lowest BCUT2D eigenvalue weighted by Crippen LogP contribution is -3.15. The minimum atomic E-state index is -0.397. The topological polar surface area (TPSA) is 33.9 Å². The van der Waals surface area contributed by atoms with Crippen LogP contribution in [0.2, 0.25) is 0 Å². The van der Waals surface area contributed by atoms with Gasteiger partial charge >= 0.3 is 0 Å². The van der Waals surface area contributed by atoms with Gasteiger partial charge in [-0.3, -0.25) is 0 Å². The van der Waals surface area contributed by atoms with Crippen molar-refractivity contribution >= 4 is 15.9 Å². The van der Waals surface area contributed by atoms with Crippen LogP contribution in [0.1, 0.15) is 20.3 Å². The van der Waals surface area contributed by atoms with Crippen LogP contribution in [0, 0.1) is 11.8 Å². The molecule has 1 aromatic carbocycles. The third kappa shape index (κ3) is 5.08. The molecule has 0 radical (unpaired) electrons. The zero-order chi connectivity index (χ0) is 14.5. The molecule has 1 aromatic rings. The van der Waals surface area contributed by atoms with Crippen LogP contribution in [0.5, 0.6) is 5.75 Å². The smallest absolute Gasteiger partial charge is 0.137 e. The van der Waals surface area contributed by atoms with Gasteiger partial charge in [0.1, 0.15) is 25.0 Å². The lowest BCUT2D eigenvalue weighted by molar-refractivity contribution is -0.915. The van der Waals surface area contributed by atoms with Crippen LogP contribution >= 0.6 is 15.9 Å². The monoisotopic (exact) mass is 342 g/mol. The first-order valence-electron chi connectivity index (χ1n) is 7.43. The third-order valence-electron chi connectivity index (χ3n) is 3.86. The quantitative estimate of drug-likeness (QED) is 0.854. The summed E-state index contributed by atoms with van der Waals surface area (Å²) in [6.45, 7) is 8.10. The second kappa shape index (κ2) is 7.43. The number of aliphatic hydroxyl groups is 1. The summed E-state index contributed by atoms with van der Waals surface area (Å²) in [7, 11) is 0. The van der Waals surface area contributed by atoms with Crippen molar-refractivity contribution in [1.29, 1.82) is 0 Å². The van der Waals surface area contributed by atoms with Crippen molar-refractivity contribution < 1.29 is 14.7 Å². The summed E-state index contributed by atoms with van der Waals surface area (Å²) in [5, 5.41) is 10.1. The van der Waals surface area contributed by atoms with E-state index < -0.39 is 6.10 Å². The van der Waals surface area contributed by atoms with Crippen LogP contribution in [0.25, 0.3) is 0 Å². The average molecular weight is 343 g/mol. The van der Waals surface area contributed by atoms with Gasteiger partial charge in [-0.25, -0.2) is 0 Å². The van der Waals surface area contributed by atoms with E-state index in [-0.39, 0.29) is 0 Å². The number of hydrogen-bond donors (Lipinski definition) is 2. The van der Waals surface area contributed by atoms with Crippen LogP contribution < -0.4 is 9.64 Å². The maximum absolute atomic E-state index is 10.1. The maximum Gasteiger partial charge on any atom is 0.137 e. The first-order valence-corrected chi connectivity index (χ1v) is 8.22. The fourth-order valence-corrected chi connectivity index (χ4v) is 3.47. The Morgan fingerprint density at radius 2 is 1.85 bits per heavy atom. The molecule has 1 heterocycles. The zero-order valence-corrected chi connectivity index (χ0v) is 13.9. The molecule has 4 atom stereocenters. The van der Waals surface area contributed by atoms with E-state index in [9.17, 15) is 5.11 Å². The van der Waals surface area contributed by atoms with Crippen molar-refractivity contribution in [2.45, 2.75) is 26.4 Å². The Balaban J connectivity index is 1.74. The van der Waals surface area contributed by atoms with Gasteiger partial charge in [0.15, 0.2) is 0 Å². The summed E-state index contributed by atoms with van der Waals surface area (Å²) < 4.78 is 6.67. The molecule has 2 N–H and O–H groups in total. The van der Waals surface area contributed by atoms with Crippen LogP contribution in [0.3, 0.4) is 0 Å². The molecule has 1 fully saturated rings. The zero-order valence-electron chi connectivity index (χ0n) is 12.3. The predicted molar refractivity (Wildman–Crippen MR) is 84.2 cm³/mol. The number of quaternary nitrogens is 1. The molecule has 1 aliphatic rings. The predicted octanol–water partition coefficient (Wildman–Crippen LogP) is 1.75. The second-order valence-electron chi connectivity index (χ2n) is 6.23. The molecule has 0 aliphatic carbocycles. The summed E-state index contributed by atoms with van der Waals surface area (Å²) >= 11 is 3.39. The van der Waals surface area contributed by atoms with Crippen molar-refractivity contribution in [3.05, 3.63) is 28.7 Å². The molecule has 1 unspecified atom stereocenters. The molecular formula is C16H25BrNO2+. The summed E-state index contributed by atoms with van der Waals surface area (Å²) in [4.78, 5) is 1.50. The fraction of sp³-hybridized carbons (Fsp3) is 0.625. The van der Waals surface area contributed by atoms with Gasteiger partial charge < -0.3 is 14.7 Å². The van der Waals surface area contributed by atoms with E-state index in [1.807, 2.05) is 24.3 Å². The number of likely N-dealkylation sites (tertiary alicyclic amines) is 1. The Kier molecular flexibility index (Phi) is 5.87. The summed E-state index contributed by atoms with van der Waals surface area (Å²) in [6.07, 6.45) is 0.917. The highest BCUT2D eigenvalue weighted by molar-refractivity contribution is 9.10. The second-order valence-corrected chi connectivity index (χ2v) is 7.14. The highest BCUT2D eigenvalue weighted by atomic mass is 79.9. The highest BCUT2D eigenvalue weighted by Crippen LogP contribution is 2.16. The van der Waals surface area contributed by atoms with E-state index >= 15 is 0 Å². The first-order chi connectivity index (χ1) is 9.52. The van der Waals surface area contributed by atoms with E-state index in [4.69, 9.17) is 4.74 Å². The van der Waals surface area contributed by atoms with E-state index in [2.05, 4.69) is 29.8 Å². The summed E-state index contributed by atoms with van der Waals surface area (Å²) in [5.41, 5.74) is 0. The molecule has 1 aliphatic heterocycles. The SMILES string of the molecule is C[C@@H]1C[C@H](C)C[NH+](C[C@H](O)COc2ccc(Br)cc2)C1. The van der Waals surface area contributed by atoms with E-state index in [0.29, 0.717) is 6.61 Å². The minimum absolute atomic E-state index is 0.369. The fourth-order valence-electron chi connectivity index (χ4n) is 3.20. The van der Waals surface area contributed by atoms with Crippen molar-refractivity contribution in [2.75, 3.05) is 26.2 Å². The highest BCUT2D eigenvalue weighted by Gasteiger charge is 2.26. The molecule has 4 heteroatoms. The van der Waals surface area contributed by atoms with Gasteiger partial charge in [-0.2, -0.15) is 0 Å². The molecule has 0 bridgehead atoms. The summed E-state index contributed by atoms with van der Waals surface area (Å²) in [5.74, 6) is 2.32. The first kappa shape index (κ1) is 15.8. The minimum Gasteiger partial charge on any atom is -0.491 e. The number of nitrogens with one attached hydrogen (secondary N) is 1. The molecule has 0 aromatic heterocycles. The van der Waals surface area contributed by atoms with Gasteiger partial charge in [-0.05, 0) is 30.7 Å². The Morgan fingerprint density at radius 1 is 1.25 bits per heavy atom. The van der Waals surface area contributed by atoms with Gasteiger partial charge in [0.05, 0.1) is 13.1 Å². The van der Waals surface area contributed by atoms with Crippen molar-refractivity contribution in [2.24, 2.45) is 11.8 Å². The van der Waals surface area contributed by atoms with Crippen LogP contribution in [0.4, 0.5) is 0 Å². The van der Waals surface area contributed by atoms with E-state index in [0.717, 1.165) is 28.6 Å². The standard InChI is InChI=1S/C16H24BrNO2/c1-12-7-13(2)9-18(8-12)10-15(19)11-20-16-5-3-14(17)4-6-16/h3-6,12-13,15,19H,7-11H2,1-2H3/p+1/t12-,13+,15-/m0/s1. The van der Waals surface area contributed by atoms with Gasteiger partial charge in [-0.15, -0.1) is 0 Å². The number of piperidine rings is 1. The van der Waals surface area contributed by atoms with Gasteiger partial charge in [0, 0.05) is 16.3 Å². The number of aliphatic hydroxyl groups excluding tert-OH is 1.